The molecule has 0 saturated heterocycles. The Labute approximate surface area is 148 Å². The van der Waals surface area contributed by atoms with Crippen molar-refractivity contribution in [1.82, 2.24) is 0 Å². The van der Waals surface area contributed by atoms with Crippen molar-refractivity contribution in [3.05, 3.63) is 64.7 Å². The molecule has 0 heterocycles. The lowest BCUT2D eigenvalue weighted by Crippen LogP contribution is -2.13. The van der Waals surface area contributed by atoms with Crippen LogP contribution in [0.5, 0.6) is 0 Å². The van der Waals surface area contributed by atoms with Gasteiger partial charge in [0.2, 0.25) is 5.91 Å². The summed E-state index contributed by atoms with van der Waals surface area (Å²) in [6.07, 6.45) is -1.26. The van der Waals surface area contributed by atoms with Gasteiger partial charge in [0.05, 0.1) is 16.8 Å². The Morgan fingerprint density at radius 3 is 2.31 bits per heavy atom. The number of alkyl halides is 3. The minimum Gasteiger partial charge on any atom is -0.478 e. The van der Waals surface area contributed by atoms with Gasteiger partial charge in [-0.2, -0.15) is 13.2 Å². The summed E-state index contributed by atoms with van der Waals surface area (Å²) < 4.78 is 38.2. The van der Waals surface area contributed by atoms with Gasteiger partial charge in [-0.3, -0.25) is 4.79 Å². The van der Waals surface area contributed by atoms with Crippen LogP contribution in [0.4, 0.5) is 18.9 Å². The number of halogens is 3. The molecule has 0 unspecified atom stereocenters. The van der Waals surface area contributed by atoms with Crippen LogP contribution in [0.15, 0.2) is 42.5 Å². The molecule has 2 N–H and O–H groups in total. The molecule has 0 aliphatic heterocycles. The summed E-state index contributed by atoms with van der Waals surface area (Å²) in [7, 11) is 0. The molecule has 0 saturated carbocycles. The van der Waals surface area contributed by atoms with Gasteiger partial charge in [0.1, 0.15) is 0 Å². The smallest absolute Gasteiger partial charge is 0.416 e. The van der Waals surface area contributed by atoms with Crippen LogP contribution in [0.25, 0.3) is 12.2 Å². The summed E-state index contributed by atoms with van der Waals surface area (Å²) >= 11 is 0. The van der Waals surface area contributed by atoms with Crippen molar-refractivity contribution < 1.29 is 27.9 Å². The van der Waals surface area contributed by atoms with Gasteiger partial charge in [0.15, 0.2) is 0 Å². The molecule has 2 rings (SSSR count). The second-order valence-corrected chi connectivity index (χ2v) is 5.47. The lowest BCUT2D eigenvalue weighted by atomic mass is 10.1. The Balaban J connectivity index is 2.30. The van der Waals surface area contributed by atoms with Gasteiger partial charge in [0, 0.05) is 6.42 Å². The fourth-order valence-corrected chi connectivity index (χ4v) is 2.20. The van der Waals surface area contributed by atoms with Crippen LogP contribution in [0, 0.1) is 0 Å². The van der Waals surface area contributed by atoms with E-state index in [-0.39, 0.29) is 23.6 Å². The van der Waals surface area contributed by atoms with Crippen LogP contribution in [-0.4, -0.2) is 17.0 Å². The number of carbonyl (C=O) groups excluding carboxylic acids is 1. The van der Waals surface area contributed by atoms with Crippen LogP contribution >= 0.6 is 0 Å². The van der Waals surface area contributed by atoms with E-state index in [9.17, 15) is 27.9 Å². The molecule has 0 spiro atoms. The van der Waals surface area contributed by atoms with Gasteiger partial charge < -0.3 is 10.4 Å². The predicted octanol–water partition coefficient (Wildman–Crippen LogP) is 4.92. The third kappa shape index (κ3) is 4.95. The molecule has 0 aliphatic rings. The van der Waals surface area contributed by atoms with Gasteiger partial charge in [-0.05, 0) is 35.4 Å². The summed E-state index contributed by atoms with van der Waals surface area (Å²) in [4.78, 5) is 22.8. The summed E-state index contributed by atoms with van der Waals surface area (Å²) in [5, 5.41) is 11.8. The number of hydrogen-bond donors (Lipinski definition) is 2. The standard InChI is InChI=1S/C19H16F3NO3/c1-2-17(24)23-16-9-8-13(11-15(16)18(25)26)7-6-12-4-3-5-14(10-12)19(20,21)22/h3-11H,2H2,1H3,(H,23,24)(H,25,26)/b7-6+. The van der Waals surface area contributed by atoms with Crippen LogP contribution in [0.1, 0.15) is 40.4 Å². The number of carbonyl (C=O) groups is 2. The molecular weight excluding hydrogens is 347 g/mol. The van der Waals surface area contributed by atoms with Crippen molar-refractivity contribution in [3.63, 3.8) is 0 Å². The van der Waals surface area contributed by atoms with E-state index >= 15 is 0 Å². The summed E-state index contributed by atoms with van der Waals surface area (Å²) in [5.41, 5.74) is 0.122. The van der Waals surface area contributed by atoms with Crippen LogP contribution in [0.3, 0.4) is 0 Å². The highest BCUT2D eigenvalue weighted by atomic mass is 19.4. The zero-order valence-electron chi connectivity index (χ0n) is 13.8. The number of rotatable bonds is 5. The molecule has 0 aliphatic carbocycles. The second-order valence-electron chi connectivity index (χ2n) is 5.47. The molecule has 0 radical (unpaired) electrons. The first-order chi connectivity index (χ1) is 12.2. The summed E-state index contributed by atoms with van der Waals surface area (Å²) in [6, 6.07) is 9.16. The fourth-order valence-electron chi connectivity index (χ4n) is 2.20. The number of hydrogen-bond acceptors (Lipinski definition) is 2. The quantitative estimate of drug-likeness (QED) is 0.741. The van der Waals surface area contributed by atoms with Gasteiger partial charge in [-0.15, -0.1) is 0 Å². The first kappa shape index (κ1) is 19.2. The molecule has 4 nitrogen and oxygen atoms in total. The van der Waals surface area contributed by atoms with Crippen molar-refractivity contribution in [2.45, 2.75) is 19.5 Å². The Kier molecular flexibility index (Phi) is 5.82. The lowest BCUT2D eigenvalue weighted by molar-refractivity contribution is -0.137. The average Bonchev–Trinajstić information content (AvgIpc) is 2.60. The maximum atomic E-state index is 12.7. The Morgan fingerprint density at radius 2 is 1.73 bits per heavy atom. The van der Waals surface area contributed by atoms with E-state index < -0.39 is 17.7 Å². The molecular formula is C19H16F3NO3. The molecule has 136 valence electrons. The van der Waals surface area contributed by atoms with Gasteiger partial charge in [0.25, 0.3) is 0 Å². The van der Waals surface area contributed by atoms with E-state index in [1.54, 1.807) is 13.0 Å². The van der Waals surface area contributed by atoms with E-state index in [0.29, 0.717) is 11.1 Å². The molecule has 1 amide bonds. The minimum atomic E-state index is -4.43. The van der Waals surface area contributed by atoms with Crippen molar-refractivity contribution in [1.29, 1.82) is 0 Å². The van der Waals surface area contributed by atoms with Gasteiger partial charge >= 0.3 is 12.1 Å². The highest BCUT2D eigenvalue weighted by Crippen LogP contribution is 2.30. The van der Waals surface area contributed by atoms with Gasteiger partial charge in [-0.1, -0.05) is 37.3 Å². The van der Waals surface area contributed by atoms with Crippen molar-refractivity contribution >= 4 is 29.7 Å². The Bertz CT molecular complexity index is 857. The summed E-state index contributed by atoms with van der Waals surface area (Å²) in [6.45, 7) is 1.64. The first-order valence-electron chi connectivity index (χ1n) is 7.73. The van der Waals surface area contributed by atoms with E-state index in [0.717, 1.165) is 12.1 Å². The average molecular weight is 363 g/mol. The van der Waals surface area contributed by atoms with E-state index in [4.69, 9.17) is 0 Å². The first-order valence-corrected chi connectivity index (χ1v) is 7.73. The van der Waals surface area contributed by atoms with Crippen LogP contribution < -0.4 is 5.32 Å². The second kappa shape index (κ2) is 7.86. The largest absolute Gasteiger partial charge is 0.478 e. The number of nitrogens with one attached hydrogen (secondary N) is 1. The van der Waals surface area contributed by atoms with Gasteiger partial charge in [-0.25, -0.2) is 4.79 Å². The monoisotopic (exact) mass is 363 g/mol. The summed E-state index contributed by atoms with van der Waals surface area (Å²) in [5.74, 6) is -1.54. The molecule has 7 heteroatoms. The minimum absolute atomic E-state index is 0.0991. The molecule has 26 heavy (non-hydrogen) atoms. The molecule has 0 fully saturated rings. The van der Waals surface area contributed by atoms with E-state index in [1.807, 2.05) is 0 Å². The third-order valence-corrected chi connectivity index (χ3v) is 3.55. The molecule has 2 aromatic carbocycles. The van der Waals surface area contributed by atoms with E-state index in [1.165, 1.54) is 36.4 Å². The van der Waals surface area contributed by atoms with Crippen LogP contribution in [0.2, 0.25) is 0 Å². The lowest BCUT2D eigenvalue weighted by Gasteiger charge is -2.09. The molecule has 0 bridgehead atoms. The zero-order chi connectivity index (χ0) is 19.3. The topological polar surface area (TPSA) is 66.4 Å². The maximum absolute atomic E-state index is 12.7. The number of benzene rings is 2. The number of amides is 1. The number of carboxylic acid groups (broad SMARTS) is 1. The Morgan fingerprint density at radius 1 is 1.08 bits per heavy atom. The maximum Gasteiger partial charge on any atom is 0.416 e. The van der Waals surface area contributed by atoms with Crippen molar-refractivity contribution in [2.75, 3.05) is 5.32 Å². The van der Waals surface area contributed by atoms with Crippen molar-refractivity contribution in [2.24, 2.45) is 0 Å². The Hall–Kier alpha value is -3.09. The van der Waals surface area contributed by atoms with Crippen molar-refractivity contribution in [3.8, 4) is 0 Å². The SMILES string of the molecule is CCC(=O)Nc1ccc(/C=C/c2cccc(C(F)(F)F)c2)cc1C(=O)O. The third-order valence-electron chi connectivity index (χ3n) is 3.55. The fraction of sp³-hybridized carbons (Fsp3) is 0.158. The normalized spacial score (nSPS) is 11.5. The zero-order valence-corrected chi connectivity index (χ0v) is 13.8. The number of aromatic carboxylic acids is 1. The van der Waals surface area contributed by atoms with E-state index in [2.05, 4.69) is 5.32 Å². The number of carboxylic acids is 1. The van der Waals surface area contributed by atoms with Crippen LogP contribution in [-0.2, 0) is 11.0 Å². The highest BCUT2D eigenvalue weighted by Gasteiger charge is 2.30. The highest BCUT2D eigenvalue weighted by molar-refractivity contribution is 6.01. The molecule has 0 aromatic heterocycles. The molecule has 2 aromatic rings. The number of anilines is 1. The molecule has 0 atom stereocenters. The predicted molar refractivity (Wildman–Crippen MR) is 92.7 cm³/mol.